The van der Waals surface area contributed by atoms with Gasteiger partial charge in [0, 0.05) is 5.56 Å². The number of hydrogen-bond donors (Lipinski definition) is 1. The van der Waals surface area contributed by atoms with Gasteiger partial charge in [-0.25, -0.2) is 14.8 Å². The Labute approximate surface area is 71.4 Å². The molecule has 0 amide bonds. The van der Waals surface area contributed by atoms with Gasteiger partial charge in [0.25, 0.3) is 0 Å². The van der Waals surface area contributed by atoms with Crippen molar-refractivity contribution in [3.8, 4) is 0 Å². The lowest BCUT2D eigenvalue weighted by atomic mass is 10.2. The van der Waals surface area contributed by atoms with Gasteiger partial charge in [-0.1, -0.05) is 0 Å². The van der Waals surface area contributed by atoms with Crippen LogP contribution in [0.15, 0.2) is 10.9 Å². The van der Waals surface area contributed by atoms with E-state index >= 15 is 0 Å². The molecule has 4 nitrogen and oxygen atoms in total. The van der Waals surface area contributed by atoms with E-state index in [1.807, 2.05) is 0 Å². The average Bonchev–Trinajstić information content (AvgIpc) is 1.94. The third kappa shape index (κ3) is 1.54. The predicted octanol–water partition coefficient (Wildman–Crippen LogP) is 1.25. The SMILES string of the molecule is Cc1c(Br)ncnc1C(=O)O. The number of carboxylic acids is 1. The van der Waals surface area contributed by atoms with Crippen LogP contribution in [0.25, 0.3) is 0 Å². The van der Waals surface area contributed by atoms with Gasteiger partial charge in [0.15, 0.2) is 5.69 Å². The number of carbonyl (C=O) groups is 1. The first-order valence-corrected chi connectivity index (χ1v) is 3.62. The molecule has 1 N–H and O–H groups in total. The zero-order chi connectivity index (χ0) is 8.43. The van der Waals surface area contributed by atoms with Crippen LogP contribution in [0.2, 0.25) is 0 Å². The largest absolute Gasteiger partial charge is 0.476 e. The number of rotatable bonds is 1. The summed E-state index contributed by atoms with van der Waals surface area (Å²) in [5, 5.41) is 8.58. The lowest BCUT2D eigenvalue weighted by Gasteiger charge is -1.98. The molecular weight excluding hydrogens is 212 g/mol. The highest BCUT2D eigenvalue weighted by molar-refractivity contribution is 9.10. The average molecular weight is 217 g/mol. The summed E-state index contributed by atoms with van der Waals surface area (Å²) >= 11 is 3.10. The zero-order valence-corrected chi connectivity index (χ0v) is 7.29. The summed E-state index contributed by atoms with van der Waals surface area (Å²) in [5.74, 6) is -1.04. The molecule has 58 valence electrons. The molecular formula is C6H5BrN2O2. The van der Waals surface area contributed by atoms with E-state index in [0.29, 0.717) is 10.2 Å². The van der Waals surface area contributed by atoms with Gasteiger partial charge in [0.1, 0.15) is 10.9 Å². The minimum absolute atomic E-state index is 0.0341. The van der Waals surface area contributed by atoms with Crippen molar-refractivity contribution in [1.82, 2.24) is 9.97 Å². The molecule has 1 aromatic heterocycles. The molecule has 0 saturated carbocycles. The summed E-state index contributed by atoms with van der Waals surface area (Å²) in [6.45, 7) is 1.65. The second-order valence-electron chi connectivity index (χ2n) is 1.94. The lowest BCUT2D eigenvalue weighted by Crippen LogP contribution is -2.04. The summed E-state index contributed by atoms with van der Waals surface area (Å²) in [7, 11) is 0. The Kier molecular flexibility index (Phi) is 2.19. The number of aromatic nitrogens is 2. The zero-order valence-electron chi connectivity index (χ0n) is 5.71. The fourth-order valence-electron chi connectivity index (χ4n) is 0.644. The van der Waals surface area contributed by atoms with Crippen molar-refractivity contribution in [2.24, 2.45) is 0 Å². The summed E-state index contributed by atoms with van der Waals surface area (Å²) in [6.07, 6.45) is 1.21. The molecule has 0 unspecified atom stereocenters. The fraction of sp³-hybridized carbons (Fsp3) is 0.167. The van der Waals surface area contributed by atoms with E-state index in [1.165, 1.54) is 6.33 Å². The Morgan fingerprint density at radius 2 is 2.27 bits per heavy atom. The molecule has 1 aromatic rings. The molecule has 0 fully saturated rings. The van der Waals surface area contributed by atoms with E-state index in [0.717, 1.165) is 0 Å². The molecule has 1 rings (SSSR count). The van der Waals surface area contributed by atoms with Crippen molar-refractivity contribution in [3.05, 3.63) is 22.2 Å². The van der Waals surface area contributed by atoms with E-state index in [-0.39, 0.29) is 5.69 Å². The Morgan fingerprint density at radius 3 is 2.73 bits per heavy atom. The van der Waals surface area contributed by atoms with Gasteiger partial charge in [0.2, 0.25) is 0 Å². The van der Waals surface area contributed by atoms with Crippen molar-refractivity contribution in [2.75, 3.05) is 0 Å². The van der Waals surface area contributed by atoms with Crippen LogP contribution < -0.4 is 0 Å². The molecule has 0 spiro atoms. The molecule has 0 aromatic carbocycles. The van der Waals surface area contributed by atoms with Gasteiger partial charge < -0.3 is 5.11 Å². The topological polar surface area (TPSA) is 63.1 Å². The second kappa shape index (κ2) is 2.96. The highest BCUT2D eigenvalue weighted by atomic mass is 79.9. The van der Waals surface area contributed by atoms with Gasteiger partial charge in [0.05, 0.1) is 0 Å². The maximum absolute atomic E-state index is 10.5. The summed E-state index contributed by atoms with van der Waals surface area (Å²) in [5.41, 5.74) is 0.576. The third-order valence-corrected chi connectivity index (χ3v) is 2.02. The molecule has 0 aliphatic heterocycles. The van der Waals surface area contributed by atoms with Crippen molar-refractivity contribution >= 4 is 21.9 Å². The van der Waals surface area contributed by atoms with Crippen LogP contribution in [-0.4, -0.2) is 21.0 Å². The summed E-state index contributed by atoms with van der Waals surface area (Å²) in [4.78, 5) is 17.8. The Bertz CT molecular complexity index is 301. The van der Waals surface area contributed by atoms with Crippen LogP contribution in [0.1, 0.15) is 16.1 Å². The van der Waals surface area contributed by atoms with E-state index in [2.05, 4.69) is 25.9 Å². The normalized spacial score (nSPS) is 9.64. The van der Waals surface area contributed by atoms with Crippen LogP contribution in [0.5, 0.6) is 0 Å². The van der Waals surface area contributed by atoms with Crippen LogP contribution in [0.3, 0.4) is 0 Å². The Hall–Kier alpha value is -0.970. The number of aromatic carboxylic acids is 1. The molecule has 0 bridgehead atoms. The number of nitrogens with zero attached hydrogens (tertiary/aromatic N) is 2. The number of halogens is 1. The van der Waals surface area contributed by atoms with Crippen molar-refractivity contribution < 1.29 is 9.90 Å². The minimum atomic E-state index is -1.04. The monoisotopic (exact) mass is 216 g/mol. The highest BCUT2D eigenvalue weighted by Crippen LogP contribution is 2.13. The molecule has 11 heavy (non-hydrogen) atoms. The maximum Gasteiger partial charge on any atom is 0.354 e. The van der Waals surface area contributed by atoms with Crippen LogP contribution in [0.4, 0.5) is 0 Å². The lowest BCUT2D eigenvalue weighted by molar-refractivity contribution is 0.0689. The molecule has 0 atom stereocenters. The maximum atomic E-state index is 10.5. The van der Waals surface area contributed by atoms with Gasteiger partial charge >= 0.3 is 5.97 Å². The molecule has 1 heterocycles. The van der Waals surface area contributed by atoms with E-state index in [1.54, 1.807) is 6.92 Å². The summed E-state index contributed by atoms with van der Waals surface area (Å²) < 4.78 is 0.518. The van der Waals surface area contributed by atoms with Gasteiger partial charge in [-0.2, -0.15) is 0 Å². The highest BCUT2D eigenvalue weighted by Gasteiger charge is 2.10. The summed E-state index contributed by atoms with van der Waals surface area (Å²) in [6, 6.07) is 0. The molecule has 5 heteroatoms. The first-order chi connectivity index (χ1) is 5.13. The predicted molar refractivity (Wildman–Crippen MR) is 41.4 cm³/mol. The van der Waals surface area contributed by atoms with Crippen molar-refractivity contribution in [3.63, 3.8) is 0 Å². The smallest absolute Gasteiger partial charge is 0.354 e. The first kappa shape index (κ1) is 8.13. The molecule has 0 saturated heterocycles. The first-order valence-electron chi connectivity index (χ1n) is 2.83. The molecule has 0 radical (unpaired) electrons. The van der Waals surface area contributed by atoms with Crippen molar-refractivity contribution in [1.29, 1.82) is 0 Å². The van der Waals surface area contributed by atoms with Gasteiger partial charge in [-0.15, -0.1) is 0 Å². The molecule has 0 aliphatic carbocycles. The third-order valence-electron chi connectivity index (χ3n) is 1.23. The fourth-order valence-corrected chi connectivity index (χ4v) is 0.924. The molecule has 0 aliphatic rings. The van der Waals surface area contributed by atoms with E-state index < -0.39 is 5.97 Å². The Balaban J connectivity index is 3.27. The Morgan fingerprint density at radius 1 is 1.64 bits per heavy atom. The quantitative estimate of drug-likeness (QED) is 0.719. The number of carboxylic acid groups (broad SMARTS) is 1. The van der Waals surface area contributed by atoms with E-state index in [9.17, 15) is 4.79 Å². The standard InChI is InChI=1S/C6H5BrN2O2/c1-3-4(6(10)11)8-2-9-5(3)7/h2H,1H3,(H,10,11). The van der Waals surface area contributed by atoms with Crippen LogP contribution in [0, 0.1) is 6.92 Å². The van der Waals surface area contributed by atoms with Gasteiger partial charge in [-0.05, 0) is 22.9 Å². The van der Waals surface area contributed by atoms with Gasteiger partial charge in [-0.3, -0.25) is 0 Å². The van der Waals surface area contributed by atoms with Crippen LogP contribution >= 0.6 is 15.9 Å². The van der Waals surface area contributed by atoms with Crippen LogP contribution in [-0.2, 0) is 0 Å². The minimum Gasteiger partial charge on any atom is -0.476 e. The van der Waals surface area contributed by atoms with E-state index in [4.69, 9.17) is 5.11 Å². The number of hydrogen-bond acceptors (Lipinski definition) is 3. The van der Waals surface area contributed by atoms with Crippen molar-refractivity contribution in [2.45, 2.75) is 6.92 Å². The second-order valence-corrected chi connectivity index (χ2v) is 2.69.